The van der Waals surface area contributed by atoms with Gasteiger partial charge in [0.25, 0.3) is 0 Å². The van der Waals surface area contributed by atoms with Crippen LogP contribution in [0.2, 0.25) is 0 Å². The Hall–Kier alpha value is 0.388. The second kappa shape index (κ2) is 15.9. The van der Waals surface area contributed by atoms with Gasteiger partial charge in [-0.1, -0.05) is 0 Å². The molecule has 0 amide bonds. The van der Waals surface area contributed by atoms with E-state index in [0.717, 1.165) is 0 Å². The molecule has 0 atom stereocenters. The lowest BCUT2D eigenvalue weighted by Gasteiger charge is -2.48. The molecule has 16 heteroatoms. The Kier molecular flexibility index (Phi) is 15.3. The highest BCUT2D eigenvalue weighted by molar-refractivity contribution is 6.83. The van der Waals surface area contributed by atoms with Gasteiger partial charge >= 0.3 is 36.2 Å². The van der Waals surface area contributed by atoms with Crippen LogP contribution in [0.5, 0.6) is 0 Å². The summed E-state index contributed by atoms with van der Waals surface area (Å²) in [5.41, 5.74) is 0. The Labute approximate surface area is 247 Å². The minimum atomic E-state index is -4.29. The van der Waals surface area contributed by atoms with E-state index in [2.05, 4.69) is 0 Å². The first-order valence-electron chi connectivity index (χ1n) is 14.4. The Morgan fingerprint density at radius 1 is 0.250 bits per heavy atom. The predicted octanol–water partition coefficient (Wildman–Crippen LogP) is 5.21. The summed E-state index contributed by atoms with van der Waals surface area (Å²) in [5, 5.41) is 0. The van der Waals surface area contributed by atoms with Crippen molar-refractivity contribution in [3.63, 3.8) is 0 Å². The molecule has 0 aliphatic carbocycles. The third kappa shape index (κ3) is 12.9. The predicted molar refractivity (Wildman–Crippen MR) is 157 cm³/mol. The van der Waals surface area contributed by atoms with Crippen molar-refractivity contribution in [3.8, 4) is 0 Å². The topological polar surface area (TPSA) is 111 Å². The van der Waals surface area contributed by atoms with Crippen LogP contribution in [0, 0.1) is 0 Å². The number of hydrogen-bond acceptors (Lipinski definition) is 12. The van der Waals surface area contributed by atoms with Gasteiger partial charge in [0, 0.05) is 48.8 Å². The number of hydrogen-bond donors (Lipinski definition) is 0. The van der Waals surface area contributed by atoms with Gasteiger partial charge in [0.1, 0.15) is 0 Å². The summed E-state index contributed by atoms with van der Waals surface area (Å²) < 4.78 is 78.1. The summed E-state index contributed by atoms with van der Waals surface area (Å²) >= 11 is 0. The molecule has 0 aromatic heterocycles. The summed E-state index contributed by atoms with van der Waals surface area (Å²) in [6, 6.07) is 0. The quantitative estimate of drug-likeness (QED) is 0.205. The molecule has 0 aromatic carbocycles. The van der Waals surface area contributed by atoms with Gasteiger partial charge in [-0.2, -0.15) is 0 Å². The van der Waals surface area contributed by atoms with Crippen LogP contribution in [0.15, 0.2) is 0 Å². The standard InChI is InChI=1S/C24H56O12Si4/c1-17(2)25-37(26-18(3)4)33-38(27-19(5)6,28-20(7)8)35-40(31-23(13)14,32-24(15)16)36-39(34-37,29-21(9)10)30-22(11)12/h17-24H,1-16H3. The minimum Gasteiger partial charge on any atom is -0.350 e. The van der Waals surface area contributed by atoms with Gasteiger partial charge in [-0.05, 0) is 111 Å². The van der Waals surface area contributed by atoms with Crippen molar-refractivity contribution in [2.75, 3.05) is 0 Å². The lowest BCUT2D eigenvalue weighted by atomic mass is 10.5. The van der Waals surface area contributed by atoms with Crippen molar-refractivity contribution in [2.45, 2.75) is 160 Å². The normalized spacial score (nSPS) is 21.0. The maximum absolute atomic E-state index is 6.76. The van der Waals surface area contributed by atoms with E-state index in [4.69, 9.17) is 51.9 Å². The lowest BCUT2D eigenvalue weighted by Crippen LogP contribution is -2.77. The average molecular weight is 649 g/mol. The van der Waals surface area contributed by atoms with Crippen molar-refractivity contribution in [1.29, 1.82) is 0 Å². The third-order valence-electron chi connectivity index (χ3n) is 4.04. The Balaban J connectivity index is 4.16. The molecule has 0 bridgehead atoms. The Bertz CT molecular complexity index is 561. The van der Waals surface area contributed by atoms with Gasteiger partial charge < -0.3 is 51.9 Å². The highest BCUT2D eigenvalue weighted by atomic mass is 28.6. The molecule has 0 N–H and O–H groups in total. The fourth-order valence-corrected chi connectivity index (χ4v) is 18.5. The van der Waals surface area contributed by atoms with Gasteiger partial charge in [0.15, 0.2) is 0 Å². The van der Waals surface area contributed by atoms with E-state index in [1.807, 2.05) is 111 Å². The molecule has 0 radical (unpaired) electrons. The first-order chi connectivity index (χ1) is 18.2. The molecule has 0 spiro atoms. The molecule has 12 nitrogen and oxygen atoms in total. The van der Waals surface area contributed by atoms with Gasteiger partial charge in [-0.3, -0.25) is 0 Å². The third-order valence-corrected chi connectivity index (χ3v) is 18.1. The van der Waals surface area contributed by atoms with Crippen molar-refractivity contribution < 1.29 is 51.9 Å². The van der Waals surface area contributed by atoms with E-state index in [9.17, 15) is 0 Å². The van der Waals surface area contributed by atoms with E-state index < -0.39 is 36.2 Å². The largest absolute Gasteiger partial charge is 0.668 e. The fraction of sp³-hybridized carbons (Fsp3) is 1.00. The van der Waals surface area contributed by atoms with Crippen LogP contribution < -0.4 is 0 Å². The zero-order valence-electron chi connectivity index (χ0n) is 27.5. The molecule has 0 unspecified atom stereocenters. The zero-order chi connectivity index (χ0) is 31.1. The maximum atomic E-state index is 6.76. The monoisotopic (exact) mass is 648 g/mol. The first kappa shape index (κ1) is 38.4. The maximum Gasteiger partial charge on any atom is 0.668 e. The van der Waals surface area contributed by atoms with E-state index >= 15 is 0 Å². The van der Waals surface area contributed by atoms with Crippen LogP contribution in [-0.2, 0) is 51.9 Å². The fourth-order valence-electron chi connectivity index (χ4n) is 3.50. The molecule has 1 rings (SSSR count). The Morgan fingerprint density at radius 3 is 0.425 bits per heavy atom. The van der Waals surface area contributed by atoms with Gasteiger partial charge in [-0.15, -0.1) is 0 Å². The minimum absolute atomic E-state index is 0.389. The molecule has 1 aliphatic rings. The Morgan fingerprint density at radius 2 is 0.350 bits per heavy atom. The summed E-state index contributed by atoms with van der Waals surface area (Å²) in [7, 11) is -17.1. The molecule has 0 saturated carbocycles. The summed E-state index contributed by atoms with van der Waals surface area (Å²) in [4.78, 5) is 0. The zero-order valence-corrected chi connectivity index (χ0v) is 31.5. The number of rotatable bonds is 16. The van der Waals surface area contributed by atoms with Crippen molar-refractivity contribution in [3.05, 3.63) is 0 Å². The van der Waals surface area contributed by atoms with Crippen LogP contribution in [-0.4, -0.2) is 85.0 Å². The molecule has 1 heterocycles. The van der Waals surface area contributed by atoms with Crippen molar-refractivity contribution in [2.24, 2.45) is 0 Å². The summed E-state index contributed by atoms with van der Waals surface area (Å²) in [6.07, 6.45) is -3.11. The van der Waals surface area contributed by atoms with E-state index in [-0.39, 0.29) is 48.8 Å². The van der Waals surface area contributed by atoms with Crippen molar-refractivity contribution in [1.82, 2.24) is 0 Å². The molecule has 1 fully saturated rings. The van der Waals surface area contributed by atoms with Crippen LogP contribution >= 0.6 is 0 Å². The van der Waals surface area contributed by atoms with E-state index in [1.165, 1.54) is 0 Å². The lowest BCUT2D eigenvalue weighted by molar-refractivity contribution is -0.138. The molecule has 240 valence electrons. The highest BCUT2D eigenvalue weighted by Crippen LogP contribution is 2.38. The highest BCUT2D eigenvalue weighted by Gasteiger charge is 2.76. The molecule has 40 heavy (non-hydrogen) atoms. The second-order valence-corrected chi connectivity index (χ2v) is 20.9. The molecule has 1 aliphatic heterocycles. The summed E-state index contributed by atoms with van der Waals surface area (Å²) in [5.74, 6) is 0. The van der Waals surface area contributed by atoms with E-state index in [0.29, 0.717) is 0 Å². The average Bonchev–Trinajstić information content (AvgIpc) is 2.60. The van der Waals surface area contributed by atoms with Crippen LogP contribution in [0.3, 0.4) is 0 Å². The molecular weight excluding hydrogens is 593 g/mol. The van der Waals surface area contributed by atoms with Crippen molar-refractivity contribution >= 4 is 36.2 Å². The van der Waals surface area contributed by atoms with Crippen LogP contribution in [0.25, 0.3) is 0 Å². The van der Waals surface area contributed by atoms with Gasteiger partial charge in [0.05, 0.1) is 0 Å². The molecular formula is C24H56O12Si4. The smallest absolute Gasteiger partial charge is 0.350 e. The van der Waals surface area contributed by atoms with E-state index in [1.54, 1.807) is 0 Å². The van der Waals surface area contributed by atoms with Crippen LogP contribution in [0.4, 0.5) is 0 Å². The first-order valence-corrected chi connectivity index (χ1v) is 20.9. The molecule has 0 aromatic rings. The van der Waals surface area contributed by atoms with Gasteiger partial charge in [-0.25, -0.2) is 0 Å². The van der Waals surface area contributed by atoms with Gasteiger partial charge in [0.2, 0.25) is 0 Å². The molecule has 1 saturated heterocycles. The summed E-state index contributed by atoms with van der Waals surface area (Å²) in [6.45, 7) is 29.6. The van der Waals surface area contributed by atoms with Crippen LogP contribution in [0.1, 0.15) is 111 Å². The second-order valence-electron chi connectivity index (χ2n) is 11.7. The SMILES string of the molecule is CC(C)O[Si]1(OC(C)C)O[Si](OC(C)C)(OC(C)C)O[Si](OC(C)C)(OC(C)C)O[Si](OC(C)C)(OC(C)C)O1.